The summed E-state index contributed by atoms with van der Waals surface area (Å²) in [6, 6.07) is 8.69. The maximum Gasteiger partial charge on any atom is 0.154 e. The van der Waals surface area contributed by atoms with Crippen molar-refractivity contribution in [3.05, 3.63) is 48.5 Å². The van der Waals surface area contributed by atoms with Gasteiger partial charge >= 0.3 is 0 Å². The smallest absolute Gasteiger partial charge is 0.154 e. The number of aromatic nitrogens is 2. The molecule has 1 unspecified atom stereocenters. The minimum absolute atomic E-state index is 0.140. The first-order chi connectivity index (χ1) is 11.3. The van der Waals surface area contributed by atoms with Gasteiger partial charge in [0, 0.05) is 23.7 Å². The Morgan fingerprint density at radius 1 is 1.13 bits per heavy atom. The van der Waals surface area contributed by atoms with E-state index >= 15 is 0 Å². The average molecular weight is 324 g/mol. The van der Waals surface area contributed by atoms with E-state index in [4.69, 9.17) is 10.7 Å². The van der Waals surface area contributed by atoms with Gasteiger partial charge in [-0.05, 0) is 36.0 Å². The summed E-state index contributed by atoms with van der Waals surface area (Å²) in [6.45, 7) is 0. The Labute approximate surface area is 140 Å². The van der Waals surface area contributed by atoms with Gasteiger partial charge in [-0.3, -0.25) is 4.99 Å². The first-order valence-corrected chi connectivity index (χ1v) is 9.10. The van der Waals surface area contributed by atoms with Crippen molar-refractivity contribution in [3.8, 4) is 11.1 Å². The number of hydrogen-bond donors (Lipinski definition) is 1. The summed E-state index contributed by atoms with van der Waals surface area (Å²) in [7, 11) is 0. The summed E-state index contributed by atoms with van der Waals surface area (Å²) in [5.41, 5.74) is 9.44. The Hall–Kier alpha value is -1.88. The minimum Gasteiger partial charge on any atom is -0.379 e. The number of hydrogen-bond acceptors (Lipinski definition) is 5. The van der Waals surface area contributed by atoms with Gasteiger partial charge in [0.25, 0.3) is 0 Å². The average Bonchev–Trinajstić information content (AvgIpc) is 2.62. The highest BCUT2D eigenvalue weighted by atomic mass is 32.2. The molecule has 5 heteroatoms. The number of fused-ring (bicyclic) bond motifs is 1. The highest BCUT2D eigenvalue weighted by Crippen LogP contribution is 2.49. The largest absolute Gasteiger partial charge is 0.379 e. The van der Waals surface area contributed by atoms with Crippen molar-refractivity contribution in [1.82, 2.24) is 9.97 Å². The van der Waals surface area contributed by atoms with Crippen LogP contribution in [-0.2, 0) is 5.54 Å². The number of rotatable bonds is 2. The van der Waals surface area contributed by atoms with Gasteiger partial charge in [-0.15, -0.1) is 0 Å². The van der Waals surface area contributed by atoms with Gasteiger partial charge in [0.05, 0.1) is 5.54 Å². The second-order valence-corrected chi connectivity index (χ2v) is 7.38. The molecule has 4 nitrogen and oxygen atoms in total. The molecule has 1 fully saturated rings. The summed E-state index contributed by atoms with van der Waals surface area (Å²) in [5.74, 6) is 1.66. The molecule has 118 valence electrons. The maximum absolute atomic E-state index is 6.11. The summed E-state index contributed by atoms with van der Waals surface area (Å²) in [4.78, 5) is 13.2. The monoisotopic (exact) mass is 324 g/mol. The fourth-order valence-corrected chi connectivity index (χ4v) is 4.91. The van der Waals surface area contributed by atoms with E-state index in [1.807, 2.05) is 12.4 Å². The number of benzene rings is 1. The molecule has 1 aliphatic heterocycles. The van der Waals surface area contributed by atoms with Crippen LogP contribution in [0.1, 0.15) is 31.2 Å². The van der Waals surface area contributed by atoms with Crippen molar-refractivity contribution >= 4 is 16.9 Å². The van der Waals surface area contributed by atoms with E-state index in [1.54, 1.807) is 18.1 Å². The standard InChI is InChI=1S/C18H20N4S/c19-17-22-18(7-2-1-5-16(18)11-23-17)15-6-3-4-13(8-15)14-9-20-12-21-10-14/h3-4,6,8-10,12,16H,1-2,5,7,11H2,(H2,19,22)/t16-,18?/m0/s1. The molecule has 0 spiro atoms. The number of aliphatic imine (C=N–C) groups is 1. The topological polar surface area (TPSA) is 64.2 Å². The third kappa shape index (κ3) is 2.63. The van der Waals surface area contributed by atoms with Crippen LogP contribution in [-0.4, -0.2) is 20.9 Å². The molecule has 4 rings (SSSR count). The fraction of sp³-hybridized carbons (Fsp3) is 0.389. The van der Waals surface area contributed by atoms with Crippen LogP contribution in [0.2, 0.25) is 0 Å². The second kappa shape index (κ2) is 5.96. The van der Waals surface area contributed by atoms with Crippen LogP contribution < -0.4 is 5.73 Å². The van der Waals surface area contributed by atoms with Gasteiger partial charge in [0.1, 0.15) is 6.33 Å². The van der Waals surface area contributed by atoms with Gasteiger partial charge in [-0.1, -0.05) is 42.8 Å². The van der Waals surface area contributed by atoms with Crippen molar-refractivity contribution < 1.29 is 0 Å². The summed E-state index contributed by atoms with van der Waals surface area (Å²) < 4.78 is 0. The van der Waals surface area contributed by atoms with E-state index in [-0.39, 0.29) is 5.54 Å². The molecule has 1 aromatic carbocycles. The van der Waals surface area contributed by atoms with Crippen LogP contribution in [0.5, 0.6) is 0 Å². The number of nitrogens with two attached hydrogens (primary N) is 1. The molecule has 2 atom stereocenters. The minimum atomic E-state index is -0.140. The summed E-state index contributed by atoms with van der Waals surface area (Å²) in [6.07, 6.45) is 10.1. The molecule has 0 saturated heterocycles. The molecule has 2 heterocycles. The van der Waals surface area contributed by atoms with Gasteiger partial charge in [0.15, 0.2) is 5.17 Å². The van der Waals surface area contributed by atoms with E-state index in [2.05, 4.69) is 34.2 Å². The molecule has 1 aliphatic carbocycles. The van der Waals surface area contributed by atoms with Crippen LogP contribution in [0.4, 0.5) is 0 Å². The van der Waals surface area contributed by atoms with Crippen LogP contribution in [0.15, 0.2) is 48.0 Å². The zero-order chi connectivity index (χ0) is 15.7. The molecule has 0 bridgehead atoms. The Kier molecular flexibility index (Phi) is 3.81. The van der Waals surface area contributed by atoms with Crippen LogP contribution in [0, 0.1) is 5.92 Å². The molecule has 0 radical (unpaired) electrons. The van der Waals surface area contributed by atoms with E-state index < -0.39 is 0 Å². The summed E-state index contributed by atoms with van der Waals surface area (Å²) in [5, 5.41) is 0.733. The predicted octanol–water partition coefficient (Wildman–Crippen LogP) is 3.59. The van der Waals surface area contributed by atoms with Gasteiger partial charge < -0.3 is 5.73 Å². The Bertz CT molecular complexity index is 731. The quantitative estimate of drug-likeness (QED) is 0.917. The van der Waals surface area contributed by atoms with Crippen molar-refractivity contribution in [2.75, 3.05) is 5.75 Å². The number of amidine groups is 1. The van der Waals surface area contributed by atoms with Crippen LogP contribution in [0.25, 0.3) is 11.1 Å². The number of thioether (sulfide) groups is 1. The van der Waals surface area contributed by atoms with Crippen molar-refractivity contribution in [2.24, 2.45) is 16.6 Å². The Morgan fingerprint density at radius 2 is 2.00 bits per heavy atom. The normalized spacial score (nSPS) is 27.1. The predicted molar refractivity (Wildman–Crippen MR) is 95.2 cm³/mol. The zero-order valence-electron chi connectivity index (χ0n) is 13.0. The van der Waals surface area contributed by atoms with Gasteiger partial charge in [-0.2, -0.15) is 0 Å². The maximum atomic E-state index is 6.11. The Balaban J connectivity index is 1.81. The van der Waals surface area contributed by atoms with Crippen molar-refractivity contribution in [1.29, 1.82) is 0 Å². The van der Waals surface area contributed by atoms with E-state index in [0.29, 0.717) is 5.92 Å². The lowest BCUT2D eigenvalue weighted by Crippen LogP contribution is -2.42. The van der Waals surface area contributed by atoms with Crippen LogP contribution in [0.3, 0.4) is 0 Å². The second-order valence-electron chi connectivity index (χ2n) is 6.34. The third-order valence-electron chi connectivity index (χ3n) is 5.03. The fourth-order valence-electron chi connectivity index (χ4n) is 3.87. The molecule has 2 aliphatic rings. The highest BCUT2D eigenvalue weighted by molar-refractivity contribution is 8.13. The van der Waals surface area contributed by atoms with Crippen molar-refractivity contribution in [3.63, 3.8) is 0 Å². The molecule has 0 amide bonds. The SMILES string of the molecule is NC1=NC2(c3cccc(-c4cncnc4)c3)CCCC[C@H]2CS1. The molecular formula is C18H20N4S. The lowest BCUT2D eigenvalue weighted by molar-refractivity contribution is 0.212. The lowest BCUT2D eigenvalue weighted by atomic mass is 9.69. The Morgan fingerprint density at radius 3 is 2.87 bits per heavy atom. The molecule has 2 aromatic rings. The van der Waals surface area contributed by atoms with E-state index in [9.17, 15) is 0 Å². The molecule has 2 N–H and O–H groups in total. The molecule has 1 aromatic heterocycles. The zero-order valence-corrected chi connectivity index (χ0v) is 13.8. The first-order valence-electron chi connectivity index (χ1n) is 8.12. The first kappa shape index (κ1) is 14.7. The van der Waals surface area contributed by atoms with E-state index in [1.165, 1.54) is 24.8 Å². The van der Waals surface area contributed by atoms with Crippen LogP contribution >= 0.6 is 11.8 Å². The molecule has 1 saturated carbocycles. The molecular weight excluding hydrogens is 304 g/mol. The molecule has 23 heavy (non-hydrogen) atoms. The third-order valence-corrected chi connectivity index (χ3v) is 5.99. The van der Waals surface area contributed by atoms with Crippen molar-refractivity contribution in [2.45, 2.75) is 31.2 Å². The van der Waals surface area contributed by atoms with E-state index in [0.717, 1.165) is 28.5 Å². The highest BCUT2D eigenvalue weighted by Gasteiger charge is 2.44. The summed E-state index contributed by atoms with van der Waals surface area (Å²) >= 11 is 1.71. The van der Waals surface area contributed by atoms with Gasteiger partial charge in [-0.25, -0.2) is 9.97 Å². The number of nitrogens with zero attached hydrogens (tertiary/aromatic N) is 3. The van der Waals surface area contributed by atoms with Gasteiger partial charge in [0.2, 0.25) is 0 Å². The lowest BCUT2D eigenvalue weighted by Gasteiger charge is -2.44.